The topological polar surface area (TPSA) is 103 Å². The van der Waals surface area contributed by atoms with Crippen LogP contribution in [0.1, 0.15) is 5.56 Å². The maximum Gasteiger partial charge on any atom is 0.240 e. The minimum absolute atomic E-state index is 0.0664. The first kappa shape index (κ1) is 13.1. The van der Waals surface area contributed by atoms with Gasteiger partial charge in [0, 0.05) is 0 Å². The van der Waals surface area contributed by atoms with Crippen LogP contribution in [0.5, 0.6) is 17.4 Å². The number of rotatable bonds is 5. The zero-order chi connectivity index (χ0) is 13.7. The molecule has 0 aliphatic rings. The van der Waals surface area contributed by atoms with E-state index in [1.54, 1.807) is 18.2 Å². The number of aliphatic hydroxyl groups excluding tert-OH is 1. The van der Waals surface area contributed by atoms with Crippen LogP contribution in [0, 0.1) is 0 Å². The summed E-state index contributed by atoms with van der Waals surface area (Å²) in [6, 6.07) is 5.11. The highest BCUT2D eigenvalue weighted by molar-refractivity contribution is 5.44. The van der Waals surface area contributed by atoms with Gasteiger partial charge in [-0.15, -0.1) is 0 Å². The molecule has 0 saturated heterocycles. The van der Waals surface area contributed by atoms with Crippen molar-refractivity contribution in [3.05, 3.63) is 36.2 Å². The summed E-state index contributed by atoms with van der Waals surface area (Å²) >= 11 is 0. The summed E-state index contributed by atoms with van der Waals surface area (Å²) in [6.07, 6.45) is 2.93. The van der Waals surface area contributed by atoms with E-state index in [0.29, 0.717) is 17.3 Å². The second-order valence-corrected chi connectivity index (χ2v) is 3.63. The van der Waals surface area contributed by atoms with Gasteiger partial charge in [0.15, 0.2) is 17.3 Å². The van der Waals surface area contributed by atoms with Gasteiger partial charge in [-0.05, 0) is 17.7 Å². The van der Waals surface area contributed by atoms with E-state index >= 15 is 0 Å². The number of methoxy groups -OCH3 is 1. The first-order valence-corrected chi connectivity index (χ1v) is 5.51. The first-order valence-electron chi connectivity index (χ1n) is 5.51. The molecular weight excluding hydrogens is 248 g/mol. The zero-order valence-electron chi connectivity index (χ0n) is 10.3. The van der Waals surface area contributed by atoms with E-state index in [9.17, 15) is 0 Å². The second kappa shape index (κ2) is 5.98. The Morgan fingerprint density at radius 1 is 1.32 bits per heavy atom. The third kappa shape index (κ3) is 3.09. The van der Waals surface area contributed by atoms with Crippen molar-refractivity contribution in [3.63, 3.8) is 0 Å². The van der Waals surface area contributed by atoms with Crippen molar-refractivity contribution in [1.82, 2.24) is 9.97 Å². The summed E-state index contributed by atoms with van der Waals surface area (Å²) in [5.74, 6) is 6.90. The van der Waals surface area contributed by atoms with Crippen molar-refractivity contribution in [3.8, 4) is 17.4 Å². The molecule has 1 aromatic heterocycles. The number of aliphatic hydroxyl groups is 1. The van der Waals surface area contributed by atoms with Gasteiger partial charge in [0.25, 0.3) is 0 Å². The maximum atomic E-state index is 9.07. The van der Waals surface area contributed by atoms with Gasteiger partial charge in [-0.1, -0.05) is 6.07 Å². The minimum Gasteiger partial charge on any atom is -0.493 e. The Balaban J connectivity index is 2.26. The van der Waals surface area contributed by atoms with E-state index in [2.05, 4.69) is 15.4 Å². The van der Waals surface area contributed by atoms with Crippen molar-refractivity contribution >= 4 is 5.82 Å². The molecule has 0 amide bonds. The van der Waals surface area contributed by atoms with Crippen LogP contribution in [0.15, 0.2) is 30.6 Å². The molecule has 2 rings (SSSR count). The predicted molar refractivity (Wildman–Crippen MR) is 68.8 cm³/mol. The van der Waals surface area contributed by atoms with E-state index in [-0.39, 0.29) is 12.5 Å². The fourth-order valence-corrected chi connectivity index (χ4v) is 1.47. The van der Waals surface area contributed by atoms with Crippen LogP contribution >= 0.6 is 0 Å². The molecule has 0 aliphatic heterocycles. The number of aromatic nitrogens is 2. The average molecular weight is 262 g/mol. The number of nitrogen functional groups attached to an aromatic ring is 1. The molecule has 1 aromatic carbocycles. The highest BCUT2D eigenvalue weighted by atomic mass is 16.5. The lowest BCUT2D eigenvalue weighted by Gasteiger charge is -2.10. The standard InChI is InChI=1S/C12H14N4O3/c1-18-10-4-8(7-17)2-3-9(10)19-12-6-14-5-11(15-12)16-13/h2-6,17H,7,13H2,1H3,(H,15,16). The Morgan fingerprint density at radius 2 is 2.16 bits per heavy atom. The minimum atomic E-state index is -0.0664. The lowest BCUT2D eigenvalue weighted by molar-refractivity contribution is 0.280. The monoisotopic (exact) mass is 262 g/mol. The summed E-state index contributed by atoms with van der Waals surface area (Å²) < 4.78 is 10.8. The molecule has 19 heavy (non-hydrogen) atoms. The van der Waals surface area contributed by atoms with Crippen molar-refractivity contribution < 1.29 is 14.6 Å². The Bertz CT molecular complexity index is 562. The number of nitrogens with one attached hydrogen (secondary N) is 1. The van der Waals surface area contributed by atoms with Crippen LogP contribution in [0.2, 0.25) is 0 Å². The summed E-state index contributed by atoms with van der Waals surface area (Å²) in [5, 5.41) is 9.07. The molecule has 0 bridgehead atoms. The van der Waals surface area contributed by atoms with E-state index in [1.807, 2.05) is 0 Å². The molecule has 0 radical (unpaired) electrons. The van der Waals surface area contributed by atoms with Gasteiger partial charge in [-0.25, -0.2) is 5.84 Å². The van der Waals surface area contributed by atoms with Gasteiger partial charge in [-0.2, -0.15) is 4.98 Å². The number of hydrogen-bond donors (Lipinski definition) is 3. The van der Waals surface area contributed by atoms with Crippen LogP contribution < -0.4 is 20.7 Å². The molecule has 7 heteroatoms. The normalized spacial score (nSPS) is 10.1. The zero-order valence-corrected chi connectivity index (χ0v) is 10.3. The van der Waals surface area contributed by atoms with Gasteiger partial charge >= 0.3 is 0 Å². The quantitative estimate of drug-likeness (QED) is 0.546. The molecule has 0 spiro atoms. The summed E-state index contributed by atoms with van der Waals surface area (Å²) in [4.78, 5) is 8.01. The van der Waals surface area contributed by atoms with Crippen LogP contribution in [0.4, 0.5) is 5.82 Å². The summed E-state index contributed by atoms with van der Waals surface area (Å²) in [6.45, 7) is -0.0664. The maximum absolute atomic E-state index is 9.07. The second-order valence-electron chi connectivity index (χ2n) is 3.63. The van der Waals surface area contributed by atoms with Gasteiger partial charge in [-0.3, -0.25) is 4.98 Å². The molecule has 4 N–H and O–H groups in total. The van der Waals surface area contributed by atoms with E-state index in [4.69, 9.17) is 20.4 Å². The van der Waals surface area contributed by atoms with Crippen LogP contribution in [-0.4, -0.2) is 22.2 Å². The van der Waals surface area contributed by atoms with Gasteiger partial charge in [0.05, 0.1) is 26.1 Å². The number of nitrogens with two attached hydrogens (primary N) is 1. The smallest absolute Gasteiger partial charge is 0.240 e. The lowest BCUT2D eigenvalue weighted by Crippen LogP contribution is -2.09. The molecule has 0 fully saturated rings. The van der Waals surface area contributed by atoms with Crippen molar-refractivity contribution in [2.45, 2.75) is 6.61 Å². The number of ether oxygens (including phenoxy) is 2. The highest BCUT2D eigenvalue weighted by Crippen LogP contribution is 2.31. The molecule has 0 saturated carbocycles. The van der Waals surface area contributed by atoms with E-state index in [0.717, 1.165) is 5.56 Å². The first-order chi connectivity index (χ1) is 9.26. The Morgan fingerprint density at radius 3 is 2.84 bits per heavy atom. The van der Waals surface area contributed by atoms with Gasteiger partial charge in [0.2, 0.25) is 5.88 Å². The van der Waals surface area contributed by atoms with Crippen molar-refractivity contribution in [2.75, 3.05) is 12.5 Å². The fraction of sp³-hybridized carbons (Fsp3) is 0.167. The summed E-state index contributed by atoms with van der Waals surface area (Å²) in [5.41, 5.74) is 3.11. The molecule has 0 aliphatic carbocycles. The molecule has 1 heterocycles. The number of hydrazine groups is 1. The predicted octanol–water partition coefficient (Wildman–Crippen LogP) is 1.06. The highest BCUT2D eigenvalue weighted by Gasteiger charge is 2.08. The number of benzene rings is 1. The number of anilines is 1. The largest absolute Gasteiger partial charge is 0.493 e. The molecule has 2 aromatic rings. The third-order valence-electron chi connectivity index (χ3n) is 2.39. The van der Waals surface area contributed by atoms with Gasteiger partial charge in [0.1, 0.15) is 0 Å². The Kier molecular flexibility index (Phi) is 4.11. The fourth-order valence-electron chi connectivity index (χ4n) is 1.47. The van der Waals surface area contributed by atoms with Crippen LogP contribution in [0.3, 0.4) is 0 Å². The molecule has 100 valence electrons. The summed E-state index contributed by atoms with van der Waals surface area (Å²) in [7, 11) is 1.52. The molecule has 0 unspecified atom stereocenters. The average Bonchev–Trinajstić information content (AvgIpc) is 2.48. The van der Waals surface area contributed by atoms with E-state index in [1.165, 1.54) is 19.5 Å². The number of nitrogens with zero attached hydrogens (tertiary/aromatic N) is 2. The number of hydrogen-bond acceptors (Lipinski definition) is 7. The lowest BCUT2D eigenvalue weighted by atomic mass is 10.2. The Hall–Kier alpha value is -2.38. The molecule has 0 atom stereocenters. The van der Waals surface area contributed by atoms with Gasteiger partial charge < -0.3 is 20.0 Å². The van der Waals surface area contributed by atoms with Crippen LogP contribution in [0.25, 0.3) is 0 Å². The SMILES string of the molecule is COc1cc(CO)ccc1Oc1cncc(NN)n1. The third-order valence-corrected chi connectivity index (χ3v) is 2.39. The van der Waals surface area contributed by atoms with Crippen LogP contribution in [-0.2, 0) is 6.61 Å². The van der Waals surface area contributed by atoms with Crippen molar-refractivity contribution in [1.29, 1.82) is 0 Å². The van der Waals surface area contributed by atoms with E-state index < -0.39 is 0 Å². The Labute approximate surface area is 110 Å². The molecular formula is C12H14N4O3. The van der Waals surface area contributed by atoms with Crippen molar-refractivity contribution in [2.24, 2.45) is 5.84 Å². The molecule has 7 nitrogen and oxygen atoms in total.